The van der Waals surface area contributed by atoms with Crippen LogP contribution in [0.3, 0.4) is 0 Å². The first-order chi connectivity index (χ1) is 16.5. The molecule has 3 aromatic rings. The van der Waals surface area contributed by atoms with Crippen LogP contribution >= 0.6 is 0 Å². The molecule has 1 aliphatic rings. The second-order valence-corrected chi connectivity index (χ2v) is 9.66. The highest BCUT2D eigenvalue weighted by Crippen LogP contribution is 2.32. The summed E-state index contributed by atoms with van der Waals surface area (Å²) in [6, 6.07) is 15.4. The summed E-state index contributed by atoms with van der Waals surface area (Å²) in [5.41, 5.74) is 6.72. The average Bonchev–Trinajstić information content (AvgIpc) is 3.13. The number of aliphatic hydroxyl groups is 1. The van der Waals surface area contributed by atoms with Crippen LogP contribution < -0.4 is 4.74 Å². The van der Waals surface area contributed by atoms with E-state index >= 15 is 0 Å². The van der Waals surface area contributed by atoms with E-state index in [1.54, 1.807) is 0 Å². The van der Waals surface area contributed by atoms with E-state index in [9.17, 15) is 5.11 Å². The number of aryl methyl sites for hydroxylation is 2. The summed E-state index contributed by atoms with van der Waals surface area (Å²) in [6.45, 7) is 6.18. The van der Waals surface area contributed by atoms with E-state index in [0.29, 0.717) is 6.42 Å². The molecule has 0 saturated carbocycles. The molecule has 0 atom stereocenters. The summed E-state index contributed by atoms with van der Waals surface area (Å²) < 4.78 is 8.33. The minimum absolute atomic E-state index is 0.254. The molecule has 34 heavy (non-hydrogen) atoms. The van der Waals surface area contributed by atoms with Gasteiger partial charge in [0, 0.05) is 41.7 Å². The Labute approximate surface area is 204 Å². The van der Waals surface area contributed by atoms with Crippen molar-refractivity contribution >= 4 is 17.0 Å². The first-order valence-electron chi connectivity index (χ1n) is 12.5. The number of allylic oxidation sites excluding steroid dienone is 2. The van der Waals surface area contributed by atoms with Crippen LogP contribution in [0.2, 0.25) is 0 Å². The molecule has 2 aromatic carbocycles. The SMILES string of the molecule is C=C(O)CCn1c2c(c3ccc(CCCCCOc4ccc(CN(C)C)cc4)cc31)C=CCC2. The minimum Gasteiger partial charge on any atom is -0.513 e. The Balaban J connectivity index is 1.29. The molecule has 180 valence electrons. The highest BCUT2D eigenvalue weighted by atomic mass is 16.5. The van der Waals surface area contributed by atoms with Gasteiger partial charge in [-0.2, -0.15) is 0 Å². The van der Waals surface area contributed by atoms with Crippen molar-refractivity contribution in [3.8, 4) is 5.75 Å². The Hall–Kier alpha value is -2.98. The molecular formula is C30H38N2O2. The Kier molecular flexibility index (Phi) is 8.12. The topological polar surface area (TPSA) is 37.6 Å². The summed E-state index contributed by atoms with van der Waals surface area (Å²) in [7, 11) is 4.17. The highest BCUT2D eigenvalue weighted by molar-refractivity contribution is 5.92. The Morgan fingerprint density at radius 2 is 1.85 bits per heavy atom. The van der Waals surface area contributed by atoms with Gasteiger partial charge in [-0.15, -0.1) is 0 Å². The van der Waals surface area contributed by atoms with E-state index in [0.717, 1.165) is 64.0 Å². The first-order valence-corrected chi connectivity index (χ1v) is 12.5. The molecule has 1 N–H and O–H groups in total. The number of fused-ring (bicyclic) bond motifs is 3. The van der Waals surface area contributed by atoms with Gasteiger partial charge in [-0.25, -0.2) is 0 Å². The fourth-order valence-corrected chi connectivity index (χ4v) is 4.86. The zero-order chi connectivity index (χ0) is 23.9. The van der Waals surface area contributed by atoms with Crippen molar-refractivity contribution in [3.05, 3.63) is 83.3 Å². The maximum Gasteiger partial charge on any atom is 0.119 e. The number of benzene rings is 2. The number of nitrogens with zero attached hydrogens (tertiary/aromatic N) is 2. The number of hydrogen-bond acceptors (Lipinski definition) is 3. The summed E-state index contributed by atoms with van der Waals surface area (Å²) in [4.78, 5) is 2.17. The summed E-state index contributed by atoms with van der Waals surface area (Å²) in [6.07, 6.45) is 11.7. The zero-order valence-electron chi connectivity index (χ0n) is 20.7. The van der Waals surface area contributed by atoms with Gasteiger partial charge in [0.2, 0.25) is 0 Å². The second-order valence-electron chi connectivity index (χ2n) is 9.66. The van der Waals surface area contributed by atoms with Crippen molar-refractivity contribution in [2.24, 2.45) is 0 Å². The third-order valence-electron chi connectivity index (χ3n) is 6.54. The second kappa shape index (κ2) is 11.4. The van der Waals surface area contributed by atoms with E-state index in [1.807, 2.05) is 0 Å². The monoisotopic (exact) mass is 458 g/mol. The molecule has 0 radical (unpaired) electrons. The number of ether oxygens (including phenoxy) is 1. The molecule has 0 fully saturated rings. The predicted molar refractivity (Wildman–Crippen MR) is 143 cm³/mol. The van der Waals surface area contributed by atoms with Crippen LogP contribution in [0.15, 0.2) is 60.9 Å². The smallest absolute Gasteiger partial charge is 0.119 e. The fraction of sp³-hybridized carbons (Fsp3) is 0.400. The Morgan fingerprint density at radius 1 is 1.06 bits per heavy atom. The molecule has 0 aliphatic heterocycles. The van der Waals surface area contributed by atoms with Gasteiger partial charge in [0.15, 0.2) is 0 Å². The molecule has 1 heterocycles. The van der Waals surface area contributed by atoms with Gasteiger partial charge >= 0.3 is 0 Å². The highest BCUT2D eigenvalue weighted by Gasteiger charge is 2.17. The quantitative estimate of drug-likeness (QED) is 0.236. The van der Waals surface area contributed by atoms with Gasteiger partial charge in [-0.1, -0.05) is 43.0 Å². The van der Waals surface area contributed by atoms with Gasteiger partial charge in [-0.05, 0) is 81.9 Å². The van der Waals surface area contributed by atoms with Crippen molar-refractivity contribution in [1.29, 1.82) is 0 Å². The Morgan fingerprint density at radius 3 is 2.62 bits per heavy atom. The van der Waals surface area contributed by atoms with Crippen LogP contribution in [0, 0.1) is 0 Å². The molecule has 0 bridgehead atoms. The predicted octanol–water partition coefficient (Wildman–Crippen LogP) is 6.92. The normalized spacial score (nSPS) is 12.9. The van der Waals surface area contributed by atoms with Crippen LogP contribution in [0.4, 0.5) is 0 Å². The number of unbranched alkanes of at least 4 members (excludes halogenated alkanes) is 2. The van der Waals surface area contributed by atoms with Gasteiger partial charge in [-0.3, -0.25) is 0 Å². The maximum absolute atomic E-state index is 9.65. The molecule has 0 unspecified atom stereocenters. The molecule has 4 heteroatoms. The number of hydrogen-bond donors (Lipinski definition) is 1. The van der Waals surface area contributed by atoms with Crippen LogP contribution in [0.25, 0.3) is 17.0 Å². The van der Waals surface area contributed by atoms with Crippen LogP contribution in [-0.4, -0.2) is 35.3 Å². The van der Waals surface area contributed by atoms with Crippen LogP contribution in [0.1, 0.15) is 54.5 Å². The molecular weight excluding hydrogens is 420 g/mol. The number of aliphatic hydroxyl groups excluding tert-OH is 1. The van der Waals surface area contributed by atoms with Gasteiger partial charge in [0.25, 0.3) is 0 Å². The zero-order valence-corrected chi connectivity index (χ0v) is 20.7. The van der Waals surface area contributed by atoms with Crippen molar-refractivity contribution in [3.63, 3.8) is 0 Å². The van der Waals surface area contributed by atoms with Gasteiger partial charge < -0.3 is 19.3 Å². The van der Waals surface area contributed by atoms with E-state index in [1.165, 1.54) is 33.3 Å². The van der Waals surface area contributed by atoms with Crippen molar-refractivity contribution in [2.75, 3.05) is 20.7 Å². The first kappa shape index (κ1) is 24.2. The van der Waals surface area contributed by atoms with Crippen LogP contribution in [0.5, 0.6) is 5.75 Å². The molecule has 0 saturated heterocycles. The van der Waals surface area contributed by atoms with Gasteiger partial charge in [0.05, 0.1) is 12.4 Å². The largest absolute Gasteiger partial charge is 0.513 e. The van der Waals surface area contributed by atoms with E-state index in [2.05, 4.69) is 84.8 Å². The lowest BCUT2D eigenvalue weighted by Gasteiger charge is -2.13. The fourth-order valence-electron chi connectivity index (χ4n) is 4.86. The molecule has 0 spiro atoms. The molecule has 4 nitrogen and oxygen atoms in total. The van der Waals surface area contributed by atoms with Crippen molar-refractivity contribution in [2.45, 2.75) is 58.0 Å². The maximum atomic E-state index is 9.65. The van der Waals surface area contributed by atoms with E-state index < -0.39 is 0 Å². The van der Waals surface area contributed by atoms with E-state index in [-0.39, 0.29) is 5.76 Å². The average molecular weight is 459 g/mol. The third-order valence-corrected chi connectivity index (χ3v) is 6.54. The van der Waals surface area contributed by atoms with E-state index in [4.69, 9.17) is 4.74 Å². The molecule has 4 rings (SSSR count). The molecule has 1 aromatic heterocycles. The van der Waals surface area contributed by atoms with Crippen molar-refractivity contribution in [1.82, 2.24) is 9.47 Å². The number of aromatic nitrogens is 1. The standard InChI is InChI=1S/C30H38N2O2/c1-23(33)18-19-32-29-11-7-6-10-27(29)28-17-14-24(21-30(28)32)9-5-4-8-20-34-26-15-12-25(13-16-26)22-31(2)3/h6,10,12-17,21,33H,1,4-5,7-9,11,18-20,22H2,2-3H3. The minimum atomic E-state index is 0.254. The summed E-state index contributed by atoms with van der Waals surface area (Å²) in [5.74, 6) is 1.21. The van der Waals surface area contributed by atoms with Crippen molar-refractivity contribution < 1.29 is 9.84 Å². The summed E-state index contributed by atoms with van der Waals surface area (Å²) in [5, 5.41) is 11.0. The third kappa shape index (κ3) is 6.12. The lowest BCUT2D eigenvalue weighted by Crippen LogP contribution is -2.10. The van der Waals surface area contributed by atoms with Crippen LogP contribution in [-0.2, 0) is 25.9 Å². The Bertz CT molecular complexity index is 1140. The summed E-state index contributed by atoms with van der Waals surface area (Å²) >= 11 is 0. The van der Waals surface area contributed by atoms with Gasteiger partial charge in [0.1, 0.15) is 5.75 Å². The molecule has 1 aliphatic carbocycles. The lowest BCUT2D eigenvalue weighted by molar-refractivity contribution is 0.305. The molecule has 0 amide bonds. The lowest BCUT2D eigenvalue weighted by atomic mass is 10.0. The number of rotatable bonds is 12.